The molecular formula is C18H21N3O5S. The van der Waals surface area contributed by atoms with Gasteiger partial charge in [0.2, 0.25) is 10.0 Å². The molecule has 0 spiro atoms. The fourth-order valence-corrected chi connectivity index (χ4v) is 4.05. The molecule has 0 bridgehead atoms. The Balaban J connectivity index is 2.20. The number of benzene rings is 2. The number of nitrogens with zero attached hydrogens (tertiary/aromatic N) is 2. The third-order valence-corrected chi connectivity index (χ3v) is 6.19. The first-order valence-corrected chi connectivity index (χ1v) is 9.81. The van der Waals surface area contributed by atoms with E-state index in [0.29, 0.717) is 24.3 Å². The van der Waals surface area contributed by atoms with E-state index in [4.69, 9.17) is 0 Å². The molecule has 0 heterocycles. The fourth-order valence-electron chi connectivity index (χ4n) is 2.59. The summed E-state index contributed by atoms with van der Waals surface area (Å²) >= 11 is 0. The van der Waals surface area contributed by atoms with Crippen molar-refractivity contribution in [2.45, 2.75) is 25.7 Å². The summed E-state index contributed by atoms with van der Waals surface area (Å²) < 4.78 is 26.3. The number of rotatable bonds is 7. The second-order valence-electron chi connectivity index (χ2n) is 5.82. The summed E-state index contributed by atoms with van der Waals surface area (Å²) in [6.07, 6.45) is 0. The van der Waals surface area contributed by atoms with E-state index in [2.05, 4.69) is 5.32 Å². The number of amides is 1. The highest BCUT2D eigenvalue weighted by Crippen LogP contribution is 2.22. The summed E-state index contributed by atoms with van der Waals surface area (Å²) in [7, 11) is -3.58. The Morgan fingerprint density at radius 1 is 1.11 bits per heavy atom. The van der Waals surface area contributed by atoms with Crippen molar-refractivity contribution in [1.29, 1.82) is 0 Å². The maximum absolute atomic E-state index is 12.5. The predicted molar refractivity (Wildman–Crippen MR) is 102 cm³/mol. The van der Waals surface area contributed by atoms with Crippen molar-refractivity contribution in [3.63, 3.8) is 0 Å². The summed E-state index contributed by atoms with van der Waals surface area (Å²) in [6, 6.07) is 9.80. The molecule has 0 fully saturated rings. The number of carbonyl (C=O) groups is 1. The Labute approximate surface area is 158 Å². The van der Waals surface area contributed by atoms with Crippen LogP contribution in [0.1, 0.15) is 29.8 Å². The van der Waals surface area contributed by atoms with Crippen molar-refractivity contribution in [2.24, 2.45) is 0 Å². The summed E-state index contributed by atoms with van der Waals surface area (Å²) in [5.41, 5.74) is 1.23. The number of anilines is 1. The zero-order valence-corrected chi connectivity index (χ0v) is 16.1. The number of hydrogen-bond donors (Lipinski definition) is 1. The fraction of sp³-hybridized carbons (Fsp3) is 0.278. The van der Waals surface area contributed by atoms with Crippen molar-refractivity contribution in [3.05, 3.63) is 63.7 Å². The van der Waals surface area contributed by atoms with Crippen LogP contribution in [0.5, 0.6) is 0 Å². The molecule has 27 heavy (non-hydrogen) atoms. The molecule has 1 amide bonds. The van der Waals surface area contributed by atoms with Crippen molar-refractivity contribution in [2.75, 3.05) is 18.4 Å². The number of nitro benzene ring substituents is 1. The van der Waals surface area contributed by atoms with Crippen LogP contribution < -0.4 is 5.32 Å². The van der Waals surface area contributed by atoms with E-state index in [1.54, 1.807) is 20.8 Å². The van der Waals surface area contributed by atoms with Gasteiger partial charge in [0.1, 0.15) is 0 Å². The van der Waals surface area contributed by atoms with Crippen LogP contribution in [-0.2, 0) is 10.0 Å². The molecule has 1 N–H and O–H groups in total. The predicted octanol–water partition coefficient (Wildman–Crippen LogP) is 3.19. The van der Waals surface area contributed by atoms with Crippen LogP contribution in [0.3, 0.4) is 0 Å². The average Bonchev–Trinajstić information content (AvgIpc) is 2.64. The van der Waals surface area contributed by atoms with Crippen LogP contribution in [0.15, 0.2) is 47.4 Å². The number of non-ortho nitro benzene ring substituents is 1. The quantitative estimate of drug-likeness (QED) is 0.576. The van der Waals surface area contributed by atoms with E-state index in [1.807, 2.05) is 0 Å². The third kappa shape index (κ3) is 4.50. The van der Waals surface area contributed by atoms with Gasteiger partial charge in [-0.05, 0) is 42.8 Å². The Morgan fingerprint density at radius 3 is 2.19 bits per heavy atom. The minimum absolute atomic E-state index is 0.0588. The molecule has 144 valence electrons. The Hall–Kier alpha value is -2.78. The lowest BCUT2D eigenvalue weighted by Crippen LogP contribution is -2.30. The minimum atomic E-state index is -3.58. The first-order valence-electron chi connectivity index (χ1n) is 8.37. The van der Waals surface area contributed by atoms with Crippen molar-refractivity contribution in [1.82, 2.24) is 4.31 Å². The topological polar surface area (TPSA) is 110 Å². The lowest BCUT2D eigenvalue weighted by atomic mass is 10.1. The van der Waals surface area contributed by atoms with Gasteiger partial charge in [-0.3, -0.25) is 14.9 Å². The van der Waals surface area contributed by atoms with Gasteiger partial charge in [0.15, 0.2) is 0 Å². The summed E-state index contributed by atoms with van der Waals surface area (Å²) in [5.74, 6) is -0.432. The number of nitrogens with one attached hydrogen (secondary N) is 1. The Kier molecular flexibility index (Phi) is 6.29. The molecule has 0 atom stereocenters. The highest BCUT2D eigenvalue weighted by molar-refractivity contribution is 7.89. The Bertz CT molecular complexity index is 951. The van der Waals surface area contributed by atoms with Gasteiger partial charge >= 0.3 is 0 Å². The van der Waals surface area contributed by atoms with Crippen LogP contribution in [0.25, 0.3) is 0 Å². The van der Waals surface area contributed by atoms with Crippen LogP contribution in [-0.4, -0.2) is 36.6 Å². The number of hydrogen-bond acceptors (Lipinski definition) is 5. The van der Waals surface area contributed by atoms with Crippen LogP contribution in [0.4, 0.5) is 11.4 Å². The molecule has 0 aromatic heterocycles. The maximum Gasteiger partial charge on any atom is 0.269 e. The van der Waals surface area contributed by atoms with Gasteiger partial charge < -0.3 is 5.32 Å². The van der Waals surface area contributed by atoms with Crippen LogP contribution in [0.2, 0.25) is 0 Å². The van der Waals surface area contributed by atoms with Gasteiger partial charge in [0, 0.05) is 36.5 Å². The van der Waals surface area contributed by atoms with Gasteiger partial charge in [-0.15, -0.1) is 0 Å². The summed E-state index contributed by atoms with van der Waals surface area (Å²) in [6.45, 7) is 5.90. The second-order valence-corrected chi connectivity index (χ2v) is 7.76. The van der Waals surface area contributed by atoms with Crippen molar-refractivity contribution in [3.8, 4) is 0 Å². The average molecular weight is 391 g/mol. The van der Waals surface area contributed by atoms with Crippen LogP contribution in [0, 0.1) is 17.0 Å². The summed E-state index contributed by atoms with van der Waals surface area (Å²) in [4.78, 5) is 22.8. The van der Waals surface area contributed by atoms with E-state index in [0.717, 1.165) is 0 Å². The lowest BCUT2D eigenvalue weighted by molar-refractivity contribution is -0.384. The summed E-state index contributed by atoms with van der Waals surface area (Å²) in [5, 5.41) is 13.5. The zero-order valence-electron chi connectivity index (χ0n) is 15.3. The normalized spacial score (nSPS) is 11.4. The largest absolute Gasteiger partial charge is 0.322 e. The van der Waals surface area contributed by atoms with E-state index in [-0.39, 0.29) is 16.1 Å². The number of aryl methyl sites for hydroxylation is 1. The first kappa shape index (κ1) is 20.5. The van der Waals surface area contributed by atoms with Crippen molar-refractivity contribution >= 4 is 27.3 Å². The zero-order chi connectivity index (χ0) is 20.2. The van der Waals surface area contributed by atoms with Crippen LogP contribution >= 0.6 is 0 Å². The molecule has 0 aliphatic rings. The van der Waals surface area contributed by atoms with Gasteiger partial charge in [-0.2, -0.15) is 4.31 Å². The van der Waals surface area contributed by atoms with E-state index < -0.39 is 20.9 Å². The molecule has 9 heteroatoms. The second kappa shape index (κ2) is 8.28. The number of carbonyl (C=O) groups excluding carboxylic acids is 1. The molecular weight excluding hydrogens is 370 g/mol. The standard InChI is InChI=1S/C18H21N3O5S/c1-4-20(5-2)27(25,26)16-9-6-14(7-10-16)18(22)19-17-11-8-15(21(23)24)12-13(17)3/h6-12H,4-5H2,1-3H3,(H,19,22). The number of sulfonamides is 1. The van der Waals surface area contributed by atoms with E-state index >= 15 is 0 Å². The molecule has 2 rings (SSSR count). The highest BCUT2D eigenvalue weighted by atomic mass is 32.2. The molecule has 8 nitrogen and oxygen atoms in total. The van der Waals surface area contributed by atoms with Gasteiger partial charge in [0.05, 0.1) is 9.82 Å². The molecule has 2 aromatic rings. The molecule has 2 aromatic carbocycles. The molecule has 0 saturated carbocycles. The monoisotopic (exact) mass is 391 g/mol. The van der Waals surface area contributed by atoms with Gasteiger partial charge in [-0.25, -0.2) is 8.42 Å². The molecule has 0 unspecified atom stereocenters. The molecule has 0 saturated heterocycles. The van der Waals surface area contributed by atoms with E-state index in [9.17, 15) is 23.3 Å². The molecule has 0 radical (unpaired) electrons. The third-order valence-electron chi connectivity index (χ3n) is 4.13. The van der Waals surface area contributed by atoms with Gasteiger partial charge in [0.25, 0.3) is 11.6 Å². The smallest absolute Gasteiger partial charge is 0.269 e. The Morgan fingerprint density at radius 2 is 1.70 bits per heavy atom. The SMILES string of the molecule is CCN(CC)S(=O)(=O)c1ccc(C(=O)Nc2ccc([N+](=O)[O-])cc2C)cc1. The molecule has 0 aliphatic carbocycles. The first-order chi connectivity index (χ1) is 12.7. The number of nitro groups is 1. The highest BCUT2D eigenvalue weighted by Gasteiger charge is 2.21. The van der Waals surface area contributed by atoms with Gasteiger partial charge in [-0.1, -0.05) is 13.8 Å². The molecule has 0 aliphatic heterocycles. The minimum Gasteiger partial charge on any atom is -0.322 e. The lowest BCUT2D eigenvalue weighted by Gasteiger charge is -2.18. The maximum atomic E-state index is 12.5. The van der Waals surface area contributed by atoms with Crippen molar-refractivity contribution < 1.29 is 18.1 Å². The van der Waals surface area contributed by atoms with E-state index in [1.165, 1.54) is 46.8 Å².